The summed E-state index contributed by atoms with van der Waals surface area (Å²) in [5.74, 6) is 0.733. The summed E-state index contributed by atoms with van der Waals surface area (Å²) in [4.78, 5) is 12.2. The fourth-order valence-electron chi connectivity index (χ4n) is 2.77. The lowest BCUT2D eigenvalue weighted by Crippen LogP contribution is -2.41. The first-order valence-corrected chi connectivity index (χ1v) is 9.30. The fourth-order valence-corrected chi connectivity index (χ4v) is 2.77. The molecule has 0 aliphatic carbocycles. The van der Waals surface area contributed by atoms with E-state index in [9.17, 15) is 4.79 Å². The number of carbonyl (C=O) groups is 1. The van der Waals surface area contributed by atoms with E-state index in [1.165, 1.54) is 0 Å². The second kappa shape index (κ2) is 9.27. The number of hydrogen-bond acceptors (Lipinski definition) is 3. The first kappa shape index (κ1) is 21.3. The summed E-state index contributed by atoms with van der Waals surface area (Å²) < 4.78 is 11.0. The molecular formula is C24H29NO3. The van der Waals surface area contributed by atoms with Crippen LogP contribution in [0.1, 0.15) is 44.4 Å². The zero-order chi connectivity index (χ0) is 20.7. The van der Waals surface area contributed by atoms with Gasteiger partial charge < -0.3 is 14.8 Å². The Balaban J connectivity index is 1.85. The highest BCUT2D eigenvalue weighted by atomic mass is 16.6. The monoisotopic (exact) mass is 379 g/mol. The molecule has 0 aliphatic heterocycles. The molecule has 0 saturated carbocycles. The summed E-state index contributed by atoms with van der Waals surface area (Å²) in [6.45, 7) is 16.1. The van der Waals surface area contributed by atoms with Gasteiger partial charge in [-0.2, -0.15) is 0 Å². The van der Waals surface area contributed by atoms with Crippen LogP contribution in [0.3, 0.4) is 0 Å². The smallest absolute Gasteiger partial charge is 0.407 e. The van der Waals surface area contributed by atoms with Gasteiger partial charge in [0.25, 0.3) is 0 Å². The van der Waals surface area contributed by atoms with Crippen LogP contribution in [0.2, 0.25) is 0 Å². The Bertz CT molecular complexity index is 850. The second-order valence-electron chi connectivity index (χ2n) is 7.37. The van der Waals surface area contributed by atoms with Crippen molar-refractivity contribution in [2.24, 2.45) is 0 Å². The van der Waals surface area contributed by atoms with Gasteiger partial charge in [0.1, 0.15) is 19.0 Å². The standard InChI is InChI=1S/C24H29NO3/c1-17(2)19-11-13-20(14-12-19)24(5,6)25-23(26)28-16-15-27-22-10-8-7-9-21(22)18(3)4/h7-14H,1,3,15-16H2,2,4-6H3,(H,25,26). The quantitative estimate of drug-likeness (QED) is 0.590. The number of rotatable bonds is 8. The zero-order valence-electron chi connectivity index (χ0n) is 17.2. The van der Waals surface area contributed by atoms with Crippen LogP contribution in [-0.2, 0) is 10.3 Å². The van der Waals surface area contributed by atoms with Crippen molar-refractivity contribution >= 4 is 17.2 Å². The van der Waals surface area contributed by atoms with Crippen LogP contribution < -0.4 is 10.1 Å². The van der Waals surface area contributed by atoms with Gasteiger partial charge >= 0.3 is 6.09 Å². The molecule has 0 fully saturated rings. The second-order valence-corrected chi connectivity index (χ2v) is 7.37. The lowest BCUT2D eigenvalue weighted by atomic mass is 9.93. The van der Waals surface area contributed by atoms with Crippen molar-refractivity contribution in [3.63, 3.8) is 0 Å². The van der Waals surface area contributed by atoms with E-state index in [0.717, 1.165) is 33.6 Å². The Morgan fingerprint density at radius 1 is 0.964 bits per heavy atom. The van der Waals surface area contributed by atoms with Gasteiger partial charge in [-0.05, 0) is 50.5 Å². The maximum Gasteiger partial charge on any atom is 0.407 e. The lowest BCUT2D eigenvalue weighted by molar-refractivity contribution is 0.116. The van der Waals surface area contributed by atoms with Crippen LogP contribution in [0.15, 0.2) is 61.7 Å². The third-order valence-corrected chi connectivity index (χ3v) is 4.43. The van der Waals surface area contributed by atoms with Crippen molar-refractivity contribution in [3.05, 3.63) is 78.4 Å². The summed E-state index contributed by atoms with van der Waals surface area (Å²) in [5, 5.41) is 2.90. The van der Waals surface area contributed by atoms with E-state index in [1.54, 1.807) is 0 Å². The minimum absolute atomic E-state index is 0.154. The van der Waals surface area contributed by atoms with Crippen LogP contribution in [0.25, 0.3) is 11.1 Å². The van der Waals surface area contributed by atoms with Gasteiger partial charge in [0.05, 0.1) is 5.54 Å². The summed E-state index contributed by atoms with van der Waals surface area (Å²) in [7, 11) is 0. The number of alkyl carbamates (subject to hydrolysis) is 1. The van der Waals surface area contributed by atoms with Gasteiger partial charge in [0.15, 0.2) is 0 Å². The van der Waals surface area contributed by atoms with E-state index in [2.05, 4.69) is 18.5 Å². The molecule has 2 aromatic rings. The van der Waals surface area contributed by atoms with E-state index in [4.69, 9.17) is 9.47 Å². The van der Waals surface area contributed by atoms with Crippen LogP contribution >= 0.6 is 0 Å². The predicted molar refractivity (Wildman–Crippen MR) is 115 cm³/mol. The molecule has 0 bridgehead atoms. The molecule has 0 spiro atoms. The van der Waals surface area contributed by atoms with Gasteiger partial charge in [-0.25, -0.2) is 4.79 Å². The fraction of sp³-hybridized carbons (Fsp3) is 0.292. The highest BCUT2D eigenvalue weighted by Gasteiger charge is 2.23. The van der Waals surface area contributed by atoms with Crippen molar-refractivity contribution in [2.75, 3.05) is 13.2 Å². The van der Waals surface area contributed by atoms with Crippen LogP contribution in [0.4, 0.5) is 4.79 Å². The van der Waals surface area contributed by atoms with Gasteiger partial charge in [0, 0.05) is 5.56 Å². The summed E-state index contributed by atoms with van der Waals surface area (Å²) in [6, 6.07) is 15.6. The molecule has 2 rings (SSSR count). The maximum absolute atomic E-state index is 12.2. The molecule has 148 valence electrons. The number of carbonyl (C=O) groups excluding carboxylic acids is 1. The predicted octanol–water partition coefficient (Wildman–Crippen LogP) is 5.79. The highest BCUT2D eigenvalue weighted by Crippen LogP contribution is 2.24. The van der Waals surface area contributed by atoms with Crippen molar-refractivity contribution in [1.82, 2.24) is 5.32 Å². The molecule has 0 aliphatic rings. The zero-order valence-corrected chi connectivity index (χ0v) is 17.2. The third-order valence-electron chi connectivity index (χ3n) is 4.43. The maximum atomic E-state index is 12.2. The Morgan fingerprint density at radius 3 is 2.21 bits per heavy atom. The van der Waals surface area contributed by atoms with Crippen molar-refractivity contribution in [2.45, 2.75) is 33.2 Å². The number of para-hydroxylation sites is 1. The molecule has 0 radical (unpaired) electrons. The van der Waals surface area contributed by atoms with E-state index in [1.807, 2.05) is 76.2 Å². The molecule has 1 N–H and O–H groups in total. The molecule has 0 atom stereocenters. The number of nitrogens with one attached hydrogen (secondary N) is 1. The largest absolute Gasteiger partial charge is 0.489 e. The molecule has 1 amide bonds. The number of allylic oxidation sites excluding steroid dienone is 2. The molecule has 4 nitrogen and oxygen atoms in total. The number of benzene rings is 2. The Kier molecular flexibility index (Phi) is 7.05. The van der Waals surface area contributed by atoms with Gasteiger partial charge in [0.2, 0.25) is 0 Å². The Labute approximate surface area is 167 Å². The number of ether oxygens (including phenoxy) is 2. The third kappa shape index (κ3) is 5.74. The number of hydrogen-bond donors (Lipinski definition) is 1. The van der Waals surface area contributed by atoms with Gasteiger partial charge in [-0.3, -0.25) is 0 Å². The van der Waals surface area contributed by atoms with Gasteiger partial charge in [-0.1, -0.05) is 61.2 Å². The average molecular weight is 380 g/mol. The van der Waals surface area contributed by atoms with Gasteiger partial charge in [-0.15, -0.1) is 0 Å². The molecule has 2 aromatic carbocycles. The van der Waals surface area contributed by atoms with E-state index < -0.39 is 11.6 Å². The molecule has 0 saturated heterocycles. The van der Waals surface area contributed by atoms with Crippen LogP contribution in [0.5, 0.6) is 5.75 Å². The summed E-state index contributed by atoms with van der Waals surface area (Å²) in [6.07, 6.45) is -0.481. The Morgan fingerprint density at radius 2 is 1.61 bits per heavy atom. The van der Waals surface area contributed by atoms with E-state index >= 15 is 0 Å². The molecule has 0 aromatic heterocycles. The topological polar surface area (TPSA) is 47.6 Å². The van der Waals surface area contributed by atoms with Crippen molar-refractivity contribution < 1.29 is 14.3 Å². The summed E-state index contributed by atoms with van der Waals surface area (Å²) >= 11 is 0. The van der Waals surface area contributed by atoms with E-state index in [-0.39, 0.29) is 13.2 Å². The lowest BCUT2D eigenvalue weighted by Gasteiger charge is -2.26. The molecule has 0 unspecified atom stereocenters. The summed E-state index contributed by atoms with van der Waals surface area (Å²) in [5.41, 5.74) is 4.39. The number of amides is 1. The molecule has 4 heteroatoms. The van der Waals surface area contributed by atoms with Crippen LogP contribution in [-0.4, -0.2) is 19.3 Å². The molecule has 28 heavy (non-hydrogen) atoms. The molecular weight excluding hydrogens is 350 g/mol. The minimum Gasteiger partial charge on any atom is -0.489 e. The SMILES string of the molecule is C=C(C)c1ccc(C(C)(C)NC(=O)OCCOc2ccccc2C(=C)C)cc1. The average Bonchev–Trinajstić information content (AvgIpc) is 2.65. The first-order valence-electron chi connectivity index (χ1n) is 9.30. The van der Waals surface area contributed by atoms with Crippen molar-refractivity contribution in [3.8, 4) is 5.75 Å². The molecule has 0 heterocycles. The minimum atomic E-state index is -0.557. The first-order chi connectivity index (χ1) is 13.2. The van der Waals surface area contributed by atoms with Crippen LogP contribution in [0, 0.1) is 0 Å². The van der Waals surface area contributed by atoms with Crippen molar-refractivity contribution in [1.29, 1.82) is 0 Å². The highest BCUT2D eigenvalue weighted by molar-refractivity contribution is 5.69. The van der Waals surface area contributed by atoms with E-state index in [0.29, 0.717) is 0 Å². The normalized spacial score (nSPS) is 10.9. The Hall–Kier alpha value is -3.01.